The van der Waals surface area contributed by atoms with Crippen LogP contribution in [0.15, 0.2) is 48.5 Å². The zero-order valence-electron chi connectivity index (χ0n) is 12.6. The number of phenolic OH excluding ortho intramolecular Hbond substituents is 1. The standard InChI is InChI=1S/C18H19NO4/c20-17-14(15-9-13(10-19-15)18(21)22)7-4-8-16(17)23-11-12-5-2-1-3-6-12/h1-8,13,15,19-20H,9-11H2,(H,21,22). The summed E-state index contributed by atoms with van der Waals surface area (Å²) in [5.41, 5.74) is 1.70. The number of hydrogen-bond acceptors (Lipinski definition) is 4. The molecule has 3 rings (SSSR count). The minimum absolute atomic E-state index is 0.0759. The van der Waals surface area contributed by atoms with E-state index in [0.717, 1.165) is 5.56 Å². The lowest BCUT2D eigenvalue weighted by molar-refractivity contribution is -0.141. The molecule has 0 aliphatic carbocycles. The first-order valence-electron chi connectivity index (χ1n) is 7.60. The molecule has 1 fully saturated rings. The molecule has 0 saturated carbocycles. The van der Waals surface area contributed by atoms with E-state index in [-0.39, 0.29) is 11.8 Å². The first-order valence-corrected chi connectivity index (χ1v) is 7.60. The van der Waals surface area contributed by atoms with Gasteiger partial charge in [-0.3, -0.25) is 4.79 Å². The quantitative estimate of drug-likeness (QED) is 0.791. The number of benzene rings is 2. The zero-order chi connectivity index (χ0) is 16.2. The highest BCUT2D eigenvalue weighted by Gasteiger charge is 2.31. The summed E-state index contributed by atoms with van der Waals surface area (Å²) in [6.45, 7) is 0.780. The number of rotatable bonds is 5. The van der Waals surface area contributed by atoms with Crippen LogP contribution in [0.5, 0.6) is 11.5 Å². The Hall–Kier alpha value is -2.53. The third-order valence-electron chi connectivity index (χ3n) is 4.12. The molecule has 1 heterocycles. The second-order valence-corrected chi connectivity index (χ2v) is 5.70. The van der Waals surface area contributed by atoms with Gasteiger partial charge in [-0.1, -0.05) is 42.5 Å². The molecule has 0 amide bonds. The topological polar surface area (TPSA) is 78.8 Å². The molecule has 0 aromatic heterocycles. The third-order valence-corrected chi connectivity index (χ3v) is 4.12. The minimum Gasteiger partial charge on any atom is -0.504 e. The van der Waals surface area contributed by atoms with Gasteiger partial charge in [0.05, 0.1) is 5.92 Å². The minimum atomic E-state index is -0.809. The molecular formula is C18H19NO4. The van der Waals surface area contributed by atoms with E-state index in [2.05, 4.69) is 5.32 Å². The van der Waals surface area contributed by atoms with Gasteiger partial charge in [0.25, 0.3) is 0 Å². The van der Waals surface area contributed by atoms with Crippen LogP contribution in [0.3, 0.4) is 0 Å². The highest BCUT2D eigenvalue weighted by Crippen LogP contribution is 2.38. The summed E-state index contributed by atoms with van der Waals surface area (Å²) in [7, 11) is 0. The molecule has 120 valence electrons. The number of hydrogen-bond donors (Lipinski definition) is 3. The van der Waals surface area contributed by atoms with Crippen molar-refractivity contribution in [3.8, 4) is 11.5 Å². The van der Waals surface area contributed by atoms with Crippen LogP contribution in [0.25, 0.3) is 0 Å². The largest absolute Gasteiger partial charge is 0.504 e. The molecule has 2 atom stereocenters. The Labute approximate surface area is 134 Å². The van der Waals surface area contributed by atoms with Crippen LogP contribution in [0.2, 0.25) is 0 Å². The molecule has 1 aliphatic heterocycles. The van der Waals surface area contributed by atoms with E-state index in [1.54, 1.807) is 12.1 Å². The predicted octanol–water partition coefficient (Wildman–Crippen LogP) is 2.71. The van der Waals surface area contributed by atoms with Gasteiger partial charge in [0.15, 0.2) is 11.5 Å². The fraction of sp³-hybridized carbons (Fsp3) is 0.278. The van der Waals surface area contributed by atoms with Crippen LogP contribution in [0.1, 0.15) is 23.6 Å². The van der Waals surface area contributed by atoms with Gasteiger partial charge in [-0.05, 0) is 18.1 Å². The molecule has 2 unspecified atom stereocenters. The number of nitrogens with one attached hydrogen (secondary N) is 1. The van der Waals surface area contributed by atoms with Crippen molar-refractivity contribution in [1.82, 2.24) is 5.32 Å². The van der Waals surface area contributed by atoms with Crippen molar-refractivity contribution in [2.45, 2.75) is 19.1 Å². The number of ether oxygens (including phenoxy) is 1. The van der Waals surface area contributed by atoms with E-state index >= 15 is 0 Å². The average Bonchev–Trinajstić information content (AvgIpc) is 3.05. The number of carboxylic acid groups (broad SMARTS) is 1. The Kier molecular flexibility index (Phi) is 4.48. The first-order chi connectivity index (χ1) is 11.1. The van der Waals surface area contributed by atoms with Crippen molar-refractivity contribution < 1.29 is 19.7 Å². The van der Waals surface area contributed by atoms with Gasteiger partial charge in [-0.2, -0.15) is 0 Å². The van der Waals surface area contributed by atoms with Crippen LogP contribution in [0, 0.1) is 5.92 Å². The molecule has 0 radical (unpaired) electrons. The summed E-state index contributed by atoms with van der Waals surface area (Å²) in [4.78, 5) is 11.1. The monoisotopic (exact) mass is 313 g/mol. The van der Waals surface area contributed by atoms with Crippen molar-refractivity contribution in [2.24, 2.45) is 5.92 Å². The van der Waals surface area contributed by atoms with Crippen molar-refractivity contribution in [3.05, 3.63) is 59.7 Å². The molecule has 23 heavy (non-hydrogen) atoms. The van der Waals surface area contributed by atoms with Crippen molar-refractivity contribution in [3.63, 3.8) is 0 Å². The Morgan fingerprint density at radius 3 is 2.65 bits per heavy atom. The predicted molar refractivity (Wildman–Crippen MR) is 85.4 cm³/mol. The lowest BCUT2D eigenvalue weighted by Gasteiger charge is -2.16. The number of carbonyl (C=O) groups is 1. The molecule has 3 N–H and O–H groups in total. The van der Waals surface area contributed by atoms with E-state index in [1.165, 1.54) is 0 Å². The first kappa shape index (κ1) is 15.4. The maximum Gasteiger partial charge on any atom is 0.307 e. The fourth-order valence-corrected chi connectivity index (χ4v) is 2.83. The summed E-state index contributed by atoms with van der Waals surface area (Å²) in [5, 5.41) is 22.7. The van der Waals surface area contributed by atoms with E-state index in [0.29, 0.717) is 30.9 Å². The molecule has 2 aromatic carbocycles. The van der Waals surface area contributed by atoms with Gasteiger partial charge >= 0.3 is 5.97 Å². The average molecular weight is 313 g/mol. The van der Waals surface area contributed by atoms with Crippen LogP contribution < -0.4 is 10.1 Å². The molecule has 0 spiro atoms. The second kappa shape index (κ2) is 6.71. The number of aliphatic carboxylic acids is 1. The van der Waals surface area contributed by atoms with Crippen molar-refractivity contribution in [1.29, 1.82) is 0 Å². The van der Waals surface area contributed by atoms with E-state index in [1.807, 2.05) is 36.4 Å². The van der Waals surface area contributed by atoms with E-state index in [9.17, 15) is 9.90 Å². The lowest BCUT2D eigenvalue weighted by atomic mass is 9.99. The Morgan fingerprint density at radius 2 is 1.96 bits per heavy atom. The number of para-hydroxylation sites is 1. The summed E-state index contributed by atoms with van der Waals surface area (Å²) < 4.78 is 5.70. The number of aromatic hydroxyl groups is 1. The Bertz CT molecular complexity index is 687. The summed E-state index contributed by atoms with van der Waals surface area (Å²) in [6.07, 6.45) is 0.463. The summed E-state index contributed by atoms with van der Waals surface area (Å²) in [6, 6.07) is 14.9. The Morgan fingerprint density at radius 1 is 1.17 bits per heavy atom. The van der Waals surface area contributed by atoms with Gasteiger partial charge in [0.2, 0.25) is 0 Å². The second-order valence-electron chi connectivity index (χ2n) is 5.70. The van der Waals surface area contributed by atoms with Gasteiger partial charge < -0.3 is 20.3 Å². The van der Waals surface area contributed by atoms with Crippen molar-refractivity contribution >= 4 is 5.97 Å². The Balaban J connectivity index is 1.72. The summed E-state index contributed by atoms with van der Waals surface area (Å²) in [5.74, 6) is -0.747. The van der Waals surface area contributed by atoms with Gasteiger partial charge in [-0.15, -0.1) is 0 Å². The molecule has 0 bridgehead atoms. The van der Waals surface area contributed by atoms with Gasteiger partial charge in [-0.25, -0.2) is 0 Å². The van der Waals surface area contributed by atoms with Crippen LogP contribution in [-0.2, 0) is 11.4 Å². The van der Waals surface area contributed by atoms with Crippen LogP contribution in [0.4, 0.5) is 0 Å². The third kappa shape index (κ3) is 3.46. The van der Waals surface area contributed by atoms with Gasteiger partial charge in [0, 0.05) is 18.2 Å². The SMILES string of the molecule is O=C(O)C1CNC(c2cccc(OCc3ccccc3)c2O)C1. The van der Waals surface area contributed by atoms with E-state index < -0.39 is 11.9 Å². The normalized spacial score (nSPS) is 20.3. The van der Waals surface area contributed by atoms with Crippen LogP contribution in [-0.4, -0.2) is 22.7 Å². The zero-order valence-corrected chi connectivity index (χ0v) is 12.6. The molecule has 5 heteroatoms. The number of phenols is 1. The molecule has 1 aliphatic rings. The lowest BCUT2D eigenvalue weighted by Crippen LogP contribution is -2.17. The highest BCUT2D eigenvalue weighted by atomic mass is 16.5. The van der Waals surface area contributed by atoms with Crippen LogP contribution >= 0.6 is 0 Å². The maximum absolute atomic E-state index is 11.1. The molecule has 5 nitrogen and oxygen atoms in total. The number of carboxylic acids is 1. The summed E-state index contributed by atoms with van der Waals surface area (Å²) >= 11 is 0. The fourth-order valence-electron chi connectivity index (χ4n) is 2.83. The molecule has 2 aromatic rings. The highest BCUT2D eigenvalue weighted by molar-refractivity contribution is 5.71. The molecule has 1 saturated heterocycles. The molecular weight excluding hydrogens is 294 g/mol. The van der Waals surface area contributed by atoms with Gasteiger partial charge in [0.1, 0.15) is 6.61 Å². The van der Waals surface area contributed by atoms with Crippen molar-refractivity contribution in [2.75, 3.05) is 6.54 Å². The van der Waals surface area contributed by atoms with E-state index in [4.69, 9.17) is 9.84 Å². The smallest absolute Gasteiger partial charge is 0.307 e. The maximum atomic E-state index is 11.1.